The highest BCUT2D eigenvalue weighted by atomic mass is 32.2. The van der Waals surface area contributed by atoms with Crippen molar-refractivity contribution in [3.63, 3.8) is 0 Å². The molecule has 132 valence electrons. The summed E-state index contributed by atoms with van der Waals surface area (Å²) < 4.78 is 17.2. The van der Waals surface area contributed by atoms with E-state index in [1.165, 1.54) is 10.5 Å². The van der Waals surface area contributed by atoms with Gasteiger partial charge in [0, 0.05) is 10.1 Å². The van der Waals surface area contributed by atoms with E-state index in [9.17, 15) is 0 Å². The molecule has 3 atom stereocenters. The van der Waals surface area contributed by atoms with Gasteiger partial charge in [0.1, 0.15) is 0 Å². The highest BCUT2D eigenvalue weighted by Gasteiger charge is 2.44. The molecule has 4 rings (SSSR count). The van der Waals surface area contributed by atoms with Gasteiger partial charge in [-0.2, -0.15) is 0 Å². The van der Waals surface area contributed by atoms with Crippen LogP contribution in [0.4, 0.5) is 0 Å². The zero-order valence-electron chi connectivity index (χ0n) is 14.7. The molecule has 2 aromatic carbocycles. The fraction of sp³-hybridized carbons (Fsp3) is 0.429. The average molecular weight is 356 g/mol. The third-order valence-corrected chi connectivity index (χ3v) is 6.91. The first-order chi connectivity index (χ1) is 12.1. The number of aryl methyl sites for hydroxylation is 1. The van der Waals surface area contributed by atoms with Gasteiger partial charge in [0.05, 0.1) is 12.2 Å². The van der Waals surface area contributed by atoms with Gasteiger partial charge >= 0.3 is 0 Å². The summed E-state index contributed by atoms with van der Waals surface area (Å²) in [7, 11) is 0. The molecule has 0 aromatic heterocycles. The first-order valence-corrected chi connectivity index (χ1v) is 9.76. The Morgan fingerprint density at radius 1 is 1.08 bits per heavy atom. The first kappa shape index (κ1) is 16.8. The molecule has 2 aliphatic heterocycles. The summed E-state index contributed by atoms with van der Waals surface area (Å²) in [6.07, 6.45) is 1.98. The topological polar surface area (TPSA) is 27.7 Å². The van der Waals surface area contributed by atoms with Gasteiger partial charge in [-0.05, 0) is 55.5 Å². The highest BCUT2D eigenvalue weighted by molar-refractivity contribution is 8.00. The number of hydrogen-bond donors (Lipinski definition) is 0. The number of thioether (sulfide) groups is 1. The lowest BCUT2D eigenvalue weighted by Crippen LogP contribution is -2.36. The van der Waals surface area contributed by atoms with Crippen LogP contribution in [0.15, 0.2) is 53.4 Å². The number of fused-ring (bicyclic) bond motifs is 1. The molecule has 0 bridgehead atoms. The minimum absolute atomic E-state index is 0.115. The van der Waals surface area contributed by atoms with Crippen LogP contribution in [-0.2, 0) is 11.2 Å². The van der Waals surface area contributed by atoms with Crippen LogP contribution in [0.1, 0.15) is 25.8 Å². The van der Waals surface area contributed by atoms with Gasteiger partial charge in [0.15, 0.2) is 11.5 Å². The quantitative estimate of drug-likeness (QED) is 0.759. The van der Waals surface area contributed by atoms with E-state index < -0.39 is 0 Å². The molecule has 4 heteroatoms. The van der Waals surface area contributed by atoms with Crippen molar-refractivity contribution in [2.45, 2.75) is 42.4 Å². The Morgan fingerprint density at radius 2 is 1.88 bits per heavy atom. The van der Waals surface area contributed by atoms with Crippen LogP contribution in [0.2, 0.25) is 0 Å². The van der Waals surface area contributed by atoms with E-state index >= 15 is 0 Å². The molecule has 0 aliphatic carbocycles. The van der Waals surface area contributed by atoms with Crippen molar-refractivity contribution in [2.75, 3.05) is 13.4 Å². The number of rotatable bonds is 5. The van der Waals surface area contributed by atoms with E-state index in [0.29, 0.717) is 18.0 Å². The van der Waals surface area contributed by atoms with Gasteiger partial charge in [-0.15, -0.1) is 11.8 Å². The second-order valence-electron chi connectivity index (χ2n) is 7.14. The van der Waals surface area contributed by atoms with Crippen molar-refractivity contribution < 1.29 is 14.2 Å². The van der Waals surface area contributed by atoms with Crippen molar-refractivity contribution >= 4 is 11.8 Å². The molecule has 3 nitrogen and oxygen atoms in total. The summed E-state index contributed by atoms with van der Waals surface area (Å²) in [6.45, 7) is 5.73. The first-order valence-electron chi connectivity index (χ1n) is 8.88. The third kappa shape index (κ3) is 3.51. The maximum Gasteiger partial charge on any atom is 0.231 e. The molecule has 2 aliphatic rings. The van der Waals surface area contributed by atoms with Crippen LogP contribution in [0.25, 0.3) is 0 Å². The van der Waals surface area contributed by atoms with E-state index in [0.717, 1.165) is 30.9 Å². The Hall–Kier alpha value is -1.65. The molecule has 25 heavy (non-hydrogen) atoms. The highest BCUT2D eigenvalue weighted by Crippen LogP contribution is 2.44. The minimum atomic E-state index is -0.115. The average Bonchev–Trinajstić information content (AvgIpc) is 3.21. The summed E-state index contributed by atoms with van der Waals surface area (Å²) in [5.74, 6) is 2.25. The molecule has 0 radical (unpaired) electrons. The predicted molar refractivity (Wildman–Crippen MR) is 100 cm³/mol. The standard InChI is InChI=1S/C21H24O3S/c1-15-13-24-21(2,20(15)25-17-6-4-3-5-7-17)11-10-16-8-9-18-19(12-16)23-14-22-18/h3-9,12,15,20H,10-11,13-14H2,1-2H3/t15-,20+,21-/m1/s1. The molecular weight excluding hydrogens is 332 g/mol. The van der Waals surface area contributed by atoms with Crippen LogP contribution in [-0.4, -0.2) is 24.3 Å². The zero-order chi connectivity index (χ0) is 17.3. The zero-order valence-corrected chi connectivity index (χ0v) is 15.6. The van der Waals surface area contributed by atoms with Crippen molar-refractivity contribution in [3.8, 4) is 11.5 Å². The summed E-state index contributed by atoms with van der Waals surface area (Å²) in [5.41, 5.74) is 1.16. The molecule has 0 saturated carbocycles. The maximum absolute atomic E-state index is 6.28. The molecule has 0 spiro atoms. The number of benzene rings is 2. The molecule has 0 amide bonds. The van der Waals surface area contributed by atoms with Crippen LogP contribution in [0.3, 0.4) is 0 Å². The van der Waals surface area contributed by atoms with Crippen molar-refractivity contribution in [3.05, 3.63) is 54.1 Å². The second kappa shape index (κ2) is 6.93. The fourth-order valence-corrected chi connectivity index (χ4v) is 5.04. The Morgan fingerprint density at radius 3 is 2.72 bits per heavy atom. The Bertz CT molecular complexity index is 733. The summed E-state index contributed by atoms with van der Waals surface area (Å²) in [5, 5.41) is 0.462. The normalized spacial score (nSPS) is 27.6. The molecule has 2 heterocycles. The van der Waals surface area contributed by atoms with Gasteiger partial charge in [0.2, 0.25) is 6.79 Å². The summed E-state index contributed by atoms with van der Waals surface area (Å²) in [4.78, 5) is 1.32. The van der Waals surface area contributed by atoms with Gasteiger partial charge < -0.3 is 14.2 Å². The molecule has 1 saturated heterocycles. The lowest BCUT2D eigenvalue weighted by atomic mass is 9.90. The SMILES string of the molecule is C[C@@H]1CO[C@](C)(CCc2ccc3c(c2)OCO3)[C@H]1Sc1ccccc1. The van der Waals surface area contributed by atoms with Crippen LogP contribution in [0.5, 0.6) is 11.5 Å². The maximum atomic E-state index is 6.28. The van der Waals surface area contributed by atoms with E-state index in [2.05, 4.69) is 56.3 Å². The molecule has 0 N–H and O–H groups in total. The van der Waals surface area contributed by atoms with E-state index in [4.69, 9.17) is 14.2 Å². The van der Waals surface area contributed by atoms with Crippen molar-refractivity contribution in [2.24, 2.45) is 5.92 Å². The Balaban J connectivity index is 1.46. The van der Waals surface area contributed by atoms with Crippen LogP contribution in [0, 0.1) is 5.92 Å². The Labute approximate surface area is 153 Å². The summed E-state index contributed by atoms with van der Waals surface area (Å²) in [6, 6.07) is 16.9. The van der Waals surface area contributed by atoms with Crippen LogP contribution < -0.4 is 9.47 Å². The lowest BCUT2D eigenvalue weighted by Gasteiger charge is -2.31. The molecule has 1 fully saturated rings. The minimum Gasteiger partial charge on any atom is -0.454 e. The van der Waals surface area contributed by atoms with E-state index in [1.54, 1.807) is 0 Å². The van der Waals surface area contributed by atoms with Gasteiger partial charge in [-0.3, -0.25) is 0 Å². The van der Waals surface area contributed by atoms with E-state index in [-0.39, 0.29) is 5.60 Å². The van der Waals surface area contributed by atoms with E-state index in [1.807, 2.05) is 17.8 Å². The van der Waals surface area contributed by atoms with Gasteiger partial charge in [0.25, 0.3) is 0 Å². The summed E-state index contributed by atoms with van der Waals surface area (Å²) >= 11 is 1.95. The smallest absolute Gasteiger partial charge is 0.231 e. The Kier molecular flexibility index (Phi) is 4.65. The number of ether oxygens (including phenoxy) is 3. The fourth-order valence-electron chi connectivity index (χ4n) is 3.68. The molecular formula is C21H24O3S. The van der Waals surface area contributed by atoms with Crippen molar-refractivity contribution in [1.82, 2.24) is 0 Å². The van der Waals surface area contributed by atoms with Gasteiger partial charge in [-0.1, -0.05) is 31.2 Å². The molecule has 0 unspecified atom stereocenters. The van der Waals surface area contributed by atoms with Gasteiger partial charge in [-0.25, -0.2) is 0 Å². The predicted octanol–water partition coefficient (Wildman–Crippen LogP) is 4.93. The monoisotopic (exact) mass is 356 g/mol. The molecule has 2 aromatic rings. The largest absolute Gasteiger partial charge is 0.454 e. The van der Waals surface area contributed by atoms with Crippen LogP contribution >= 0.6 is 11.8 Å². The number of hydrogen-bond acceptors (Lipinski definition) is 4. The lowest BCUT2D eigenvalue weighted by molar-refractivity contribution is 0.0152. The second-order valence-corrected chi connectivity index (χ2v) is 8.36. The third-order valence-electron chi connectivity index (χ3n) is 5.15. The van der Waals surface area contributed by atoms with Crippen molar-refractivity contribution in [1.29, 1.82) is 0 Å².